The molecule has 1 aliphatic rings. The number of epoxide rings is 1. The maximum Gasteiger partial charge on any atom is 0.139 e. The summed E-state index contributed by atoms with van der Waals surface area (Å²) in [4.78, 5) is 0. The van der Waals surface area contributed by atoms with E-state index in [1.54, 1.807) is 0 Å². The van der Waals surface area contributed by atoms with Crippen molar-refractivity contribution < 1.29 is 9.47 Å². The second-order valence-corrected chi connectivity index (χ2v) is 3.08. The lowest BCUT2D eigenvalue weighted by atomic mass is 9.96. The molecule has 1 saturated heterocycles. The predicted molar refractivity (Wildman–Crippen MR) is 49.9 cm³/mol. The molecule has 1 fully saturated rings. The summed E-state index contributed by atoms with van der Waals surface area (Å²) >= 11 is 0. The van der Waals surface area contributed by atoms with E-state index in [4.69, 9.17) is 9.47 Å². The molecule has 1 aromatic carbocycles. The Morgan fingerprint density at radius 3 is 3.08 bits per heavy atom. The molecule has 1 aromatic rings. The van der Waals surface area contributed by atoms with Crippen LogP contribution in [0.3, 0.4) is 0 Å². The molecule has 1 atom stereocenters. The molecule has 2 rings (SSSR count). The molecular formula is C9H11BO2. The van der Waals surface area contributed by atoms with Crippen LogP contribution in [0.15, 0.2) is 24.3 Å². The fourth-order valence-electron chi connectivity index (χ4n) is 1.06. The summed E-state index contributed by atoms with van der Waals surface area (Å²) < 4.78 is 10.5. The number of hydrogen-bond donors (Lipinski definition) is 0. The molecule has 0 N–H and O–H groups in total. The molecule has 3 heteroatoms. The second-order valence-electron chi connectivity index (χ2n) is 3.08. The molecule has 0 spiro atoms. The van der Waals surface area contributed by atoms with Crippen LogP contribution in [0, 0.1) is 0 Å². The summed E-state index contributed by atoms with van der Waals surface area (Å²) in [6.07, 6.45) is 0.338. The summed E-state index contributed by atoms with van der Waals surface area (Å²) in [5, 5.41) is 0. The van der Waals surface area contributed by atoms with Crippen molar-refractivity contribution in [3.8, 4) is 5.75 Å². The molecule has 0 unspecified atom stereocenters. The van der Waals surface area contributed by atoms with E-state index in [1.807, 2.05) is 18.2 Å². The van der Waals surface area contributed by atoms with Gasteiger partial charge in [0.1, 0.15) is 26.3 Å². The normalized spacial score (nSPS) is 20.5. The summed E-state index contributed by atoms with van der Waals surface area (Å²) in [7, 11) is 2.06. The molecule has 0 saturated carbocycles. The quantitative estimate of drug-likeness (QED) is 0.450. The molecule has 2 nitrogen and oxygen atoms in total. The highest BCUT2D eigenvalue weighted by atomic mass is 16.6. The Labute approximate surface area is 72.9 Å². The smallest absolute Gasteiger partial charge is 0.139 e. The first-order valence-electron chi connectivity index (χ1n) is 4.16. The van der Waals surface area contributed by atoms with Crippen molar-refractivity contribution in [1.29, 1.82) is 0 Å². The number of hydrogen-bond acceptors (Lipinski definition) is 2. The van der Waals surface area contributed by atoms with Crippen molar-refractivity contribution in [2.75, 3.05) is 13.2 Å². The molecule has 0 aliphatic carbocycles. The van der Waals surface area contributed by atoms with Gasteiger partial charge in [-0.15, -0.1) is 0 Å². The summed E-state index contributed by atoms with van der Waals surface area (Å²) in [5.74, 6) is 0.936. The third kappa shape index (κ3) is 2.01. The van der Waals surface area contributed by atoms with Gasteiger partial charge >= 0.3 is 0 Å². The minimum atomic E-state index is 0.338. The Morgan fingerprint density at radius 1 is 1.58 bits per heavy atom. The van der Waals surface area contributed by atoms with E-state index in [2.05, 4.69) is 13.9 Å². The van der Waals surface area contributed by atoms with Crippen molar-refractivity contribution >= 4 is 13.3 Å². The second kappa shape index (κ2) is 3.19. The molecule has 62 valence electrons. The average molecular weight is 162 g/mol. The van der Waals surface area contributed by atoms with E-state index in [-0.39, 0.29) is 0 Å². The summed E-state index contributed by atoms with van der Waals surface area (Å²) in [6, 6.07) is 8.05. The van der Waals surface area contributed by atoms with Crippen molar-refractivity contribution in [3.63, 3.8) is 0 Å². The predicted octanol–water partition coefficient (Wildman–Crippen LogP) is -0.277. The van der Waals surface area contributed by atoms with Crippen LogP contribution in [-0.4, -0.2) is 27.2 Å². The standard InChI is InChI=1S/C9H11BO2/c10-7-2-1-3-8(4-7)11-5-9-6-12-9/h1-4,9H,5-6,10H2/t9-/m1/s1. The third-order valence-corrected chi connectivity index (χ3v) is 1.83. The Hall–Kier alpha value is -0.955. The van der Waals surface area contributed by atoms with E-state index in [1.165, 1.54) is 5.46 Å². The van der Waals surface area contributed by atoms with Gasteiger partial charge in [0, 0.05) is 0 Å². The molecule has 12 heavy (non-hydrogen) atoms. The average Bonchev–Trinajstić information content (AvgIpc) is 2.84. The van der Waals surface area contributed by atoms with Crippen LogP contribution in [0.2, 0.25) is 0 Å². The largest absolute Gasteiger partial charge is 0.491 e. The zero-order chi connectivity index (χ0) is 8.39. The van der Waals surface area contributed by atoms with Crippen LogP contribution in [0.5, 0.6) is 5.75 Å². The summed E-state index contributed by atoms with van der Waals surface area (Å²) in [6.45, 7) is 1.54. The van der Waals surface area contributed by atoms with Gasteiger partial charge in [0.2, 0.25) is 0 Å². The third-order valence-electron chi connectivity index (χ3n) is 1.83. The Kier molecular flexibility index (Phi) is 2.04. The van der Waals surface area contributed by atoms with Crippen LogP contribution in [0.25, 0.3) is 0 Å². The van der Waals surface area contributed by atoms with Crippen LogP contribution in [0.4, 0.5) is 0 Å². The molecule has 1 heterocycles. The first-order valence-corrected chi connectivity index (χ1v) is 4.16. The van der Waals surface area contributed by atoms with E-state index in [9.17, 15) is 0 Å². The molecule has 1 aliphatic heterocycles. The van der Waals surface area contributed by atoms with Gasteiger partial charge in [-0.3, -0.25) is 0 Å². The van der Waals surface area contributed by atoms with Gasteiger partial charge in [-0.05, 0) is 12.1 Å². The van der Waals surface area contributed by atoms with Gasteiger partial charge in [0.15, 0.2) is 0 Å². The van der Waals surface area contributed by atoms with Crippen molar-refractivity contribution in [2.45, 2.75) is 6.10 Å². The Balaban J connectivity index is 1.92. The first-order chi connectivity index (χ1) is 5.84. The number of benzene rings is 1. The molecule has 0 radical (unpaired) electrons. The van der Waals surface area contributed by atoms with Crippen molar-refractivity contribution in [3.05, 3.63) is 24.3 Å². The fourth-order valence-corrected chi connectivity index (χ4v) is 1.06. The van der Waals surface area contributed by atoms with Crippen LogP contribution >= 0.6 is 0 Å². The van der Waals surface area contributed by atoms with Gasteiger partial charge in [-0.2, -0.15) is 0 Å². The van der Waals surface area contributed by atoms with E-state index >= 15 is 0 Å². The number of ether oxygens (including phenoxy) is 2. The van der Waals surface area contributed by atoms with E-state index < -0.39 is 0 Å². The van der Waals surface area contributed by atoms with Crippen LogP contribution < -0.4 is 10.2 Å². The lowest BCUT2D eigenvalue weighted by molar-refractivity contribution is 0.263. The maximum atomic E-state index is 5.49. The van der Waals surface area contributed by atoms with Crippen molar-refractivity contribution in [2.24, 2.45) is 0 Å². The van der Waals surface area contributed by atoms with Gasteiger partial charge in [-0.1, -0.05) is 17.6 Å². The topological polar surface area (TPSA) is 21.8 Å². The highest BCUT2D eigenvalue weighted by Crippen LogP contribution is 2.12. The molecular weight excluding hydrogens is 151 g/mol. The molecule has 0 bridgehead atoms. The zero-order valence-electron chi connectivity index (χ0n) is 7.12. The van der Waals surface area contributed by atoms with Gasteiger partial charge in [0.25, 0.3) is 0 Å². The minimum absolute atomic E-state index is 0.338. The van der Waals surface area contributed by atoms with E-state index in [0.717, 1.165) is 12.4 Å². The highest BCUT2D eigenvalue weighted by Gasteiger charge is 2.22. The number of rotatable bonds is 3. The maximum absolute atomic E-state index is 5.49. The molecule has 0 aromatic heterocycles. The van der Waals surface area contributed by atoms with Crippen molar-refractivity contribution in [1.82, 2.24) is 0 Å². The van der Waals surface area contributed by atoms with Gasteiger partial charge in [0.05, 0.1) is 6.61 Å². The lowest BCUT2D eigenvalue weighted by Gasteiger charge is -2.03. The van der Waals surface area contributed by atoms with Crippen LogP contribution in [-0.2, 0) is 4.74 Å². The summed E-state index contributed by atoms with van der Waals surface area (Å²) in [5.41, 5.74) is 1.23. The van der Waals surface area contributed by atoms with E-state index in [0.29, 0.717) is 12.7 Å². The monoisotopic (exact) mass is 162 g/mol. The highest BCUT2D eigenvalue weighted by molar-refractivity contribution is 6.32. The Morgan fingerprint density at radius 2 is 2.42 bits per heavy atom. The minimum Gasteiger partial charge on any atom is -0.491 e. The Bertz CT molecular complexity index is 271. The SMILES string of the molecule is Bc1cccc(OC[C@@H]2CO2)c1. The van der Waals surface area contributed by atoms with Gasteiger partial charge in [-0.25, -0.2) is 0 Å². The zero-order valence-corrected chi connectivity index (χ0v) is 7.12. The fraction of sp³-hybridized carbons (Fsp3) is 0.333. The lowest BCUT2D eigenvalue weighted by Crippen LogP contribution is -2.07. The van der Waals surface area contributed by atoms with Crippen LogP contribution in [0.1, 0.15) is 0 Å². The first kappa shape index (κ1) is 7.68. The van der Waals surface area contributed by atoms with Gasteiger partial charge < -0.3 is 9.47 Å². The molecule has 0 amide bonds.